The van der Waals surface area contributed by atoms with Gasteiger partial charge in [-0.2, -0.15) is 18.3 Å². The molecule has 138 valence electrons. The SMILES string of the molecule is O=C(O)c1cc2c(cn1)c(-c1cnc3ccc(F)cn13)nn2CC(F)(F)F. The monoisotopic (exact) mass is 379 g/mol. The number of halogens is 4. The molecule has 7 nitrogen and oxygen atoms in total. The fourth-order valence-corrected chi connectivity index (χ4v) is 2.80. The normalized spacial score (nSPS) is 12.1. The first-order valence-corrected chi connectivity index (χ1v) is 7.52. The average Bonchev–Trinajstić information content (AvgIpc) is 3.14. The molecule has 0 amide bonds. The first-order chi connectivity index (χ1) is 12.7. The molecule has 4 aromatic rings. The summed E-state index contributed by atoms with van der Waals surface area (Å²) in [5.74, 6) is -1.94. The van der Waals surface area contributed by atoms with Crippen molar-refractivity contribution in [2.75, 3.05) is 0 Å². The van der Waals surface area contributed by atoms with Gasteiger partial charge in [0.2, 0.25) is 0 Å². The predicted octanol–water partition coefficient (Wildman–Crippen LogP) is 3.15. The van der Waals surface area contributed by atoms with Gasteiger partial charge in [0.25, 0.3) is 0 Å². The smallest absolute Gasteiger partial charge is 0.408 e. The van der Waals surface area contributed by atoms with Gasteiger partial charge in [0.05, 0.1) is 17.4 Å². The molecule has 0 aromatic carbocycles. The van der Waals surface area contributed by atoms with Crippen LogP contribution in [0.5, 0.6) is 0 Å². The zero-order chi connectivity index (χ0) is 19.3. The second-order valence-electron chi connectivity index (χ2n) is 5.73. The lowest BCUT2D eigenvalue weighted by Gasteiger charge is -2.07. The fourth-order valence-electron chi connectivity index (χ4n) is 2.80. The number of alkyl halides is 3. The van der Waals surface area contributed by atoms with E-state index in [2.05, 4.69) is 15.1 Å². The van der Waals surface area contributed by atoms with Crippen molar-refractivity contribution >= 4 is 22.5 Å². The predicted molar refractivity (Wildman–Crippen MR) is 84.7 cm³/mol. The van der Waals surface area contributed by atoms with E-state index in [0.29, 0.717) is 10.3 Å². The number of hydrogen-bond acceptors (Lipinski definition) is 4. The highest BCUT2D eigenvalue weighted by Crippen LogP contribution is 2.30. The molecule has 4 aromatic heterocycles. The summed E-state index contributed by atoms with van der Waals surface area (Å²) in [7, 11) is 0. The summed E-state index contributed by atoms with van der Waals surface area (Å²) in [5.41, 5.74) is 0.236. The number of carboxylic acids is 1. The number of aromatic nitrogens is 5. The van der Waals surface area contributed by atoms with Gasteiger partial charge < -0.3 is 5.11 Å². The summed E-state index contributed by atoms with van der Waals surface area (Å²) in [6.45, 7) is -1.42. The van der Waals surface area contributed by atoms with Crippen LogP contribution in [-0.4, -0.2) is 41.4 Å². The topological polar surface area (TPSA) is 85.3 Å². The summed E-state index contributed by atoms with van der Waals surface area (Å²) in [6, 6.07) is 3.63. The lowest BCUT2D eigenvalue weighted by Crippen LogP contribution is -2.18. The zero-order valence-corrected chi connectivity index (χ0v) is 13.3. The molecule has 0 radical (unpaired) electrons. The van der Waals surface area contributed by atoms with Crippen molar-refractivity contribution in [3.05, 3.63) is 48.3 Å². The van der Waals surface area contributed by atoms with Crippen LogP contribution in [0, 0.1) is 5.82 Å². The molecule has 0 unspecified atom stereocenters. The molecule has 0 bridgehead atoms. The summed E-state index contributed by atoms with van der Waals surface area (Å²) in [5, 5.41) is 13.2. The maximum atomic E-state index is 13.6. The molecule has 0 fully saturated rings. The first kappa shape index (κ1) is 16.9. The minimum Gasteiger partial charge on any atom is -0.477 e. The Morgan fingerprint density at radius 2 is 1.96 bits per heavy atom. The molecule has 0 atom stereocenters. The van der Waals surface area contributed by atoms with E-state index in [9.17, 15) is 22.4 Å². The van der Waals surface area contributed by atoms with E-state index < -0.39 is 30.2 Å². The number of pyridine rings is 2. The Labute approximate surface area is 147 Å². The third-order valence-electron chi connectivity index (χ3n) is 3.90. The van der Waals surface area contributed by atoms with Gasteiger partial charge in [-0.05, 0) is 18.2 Å². The molecule has 0 spiro atoms. The van der Waals surface area contributed by atoms with Crippen molar-refractivity contribution in [3.63, 3.8) is 0 Å². The van der Waals surface area contributed by atoms with Gasteiger partial charge in [0.15, 0.2) is 0 Å². The van der Waals surface area contributed by atoms with Crippen LogP contribution in [0.4, 0.5) is 17.6 Å². The fraction of sp³-hybridized carbons (Fsp3) is 0.125. The Morgan fingerprint density at radius 1 is 1.19 bits per heavy atom. The summed E-state index contributed by atoms with van der Waals surface area (Å²) >= 11 is 0. The van der Waals surface area contributed by atoms with Crippen LogP contribution in [-0.2, 0) is 6.54 Å². The lowest BCUT2D eigenvalue weighted by atomic mass is 10.2. The molecule has 0 aliphatic heterocycles. The molecule has 1 N–H and O–H groups in total. The molecule has 4 heterocycles. The van der Waals surface area contributed by atoms with Crippen molar-refractivity contribution in [3.8, 4) is 11.4 Å². The standard InChI is InChI=1S/C16H9F4N5O2/c17-8-1-2-13-22-5-12(24(13)6-8)14-9-4-21-10(15(26)27)3-11(9)25(23-14)7-16(18,19)20/h1-6H,7H2,(H,26,27). The highest BCUT2D eigenvalue weighted by Gasteiger charge is 2.30. The Morgan fingerprint density at radius 3 is 2.67 bits per heavy atom. The van der Waals surface area contributed by atoms with E-state index in [-0.39, 0.29) is 22.3 Å². The van der Waals surface area contributed by atoms with Gasteiger partial charge in [0, 0.05) is 17.8 Å². The third-order valence-corrected chi connectivity index (χ3v) is 3.90. The van der Waals surface area contributed by atoms with Gasteiger partial charge in [-0.3, -0.25) is 9.08 Å². The molecule has 4 rings (SSSR count). The number of carboxylic acid groups (broad SMARTS) is 1. The van der Waals surface area contributed by atoms with Crippen molar-refractivity contribution in [1.82, 2.24) is 24.1 Å². The van der Waals surface area contributed by atoms with Gasteiger partial charge in [-0.25, -0.2) is 19.2 Å². The van der Waals surface area contributed by atoms with Crippen LogP contribution < -0.4 is 0 Å². The molecule has 0 aliphatic rings. The number of hydrogen-bond donors (Lipinski definition) is 1. The van der Waals surface area contributed by atoms with E-state index >= 15 is 0 Å². The maximum absolute atomic E-state index is 13.6. The second-order valence-corrected chi connectivity index (χ2v) is 5.73. The quantitative estimate of drug-likeness (QED) is 0.553. The summed E-state index contributed by atoms with van der Waals surface area (Å²) in [6.07, 6.45) is -0.966. The van der Waals surface area contributed by atoms with Crippen LogP contribution >= 0.6 is 0 Å². The molecule has 11 heteroatoms. The highest BCUT2D eigenvalue weighted by molar-refractivity contribution is 5.96. The molecule has 0 saturated carbocycles. The number of imidazole rings is 1. The molecule has 0 saturated heterocycles. The van der Waals surface area contributed by atoms with Gasteiger partial charge in [-0.15, -0.1) is 0 Å². The van der Waals surface area contributed by atoms with Crippen molar-refractivity contribution in [1.29, 1.82) is 0 Å². The van der Waals surface area contributed by atoms with Crippen LogP contribution in [0.1, 0.15) is 10.5 Å². The second kappa shape index (κ2) is 5.76. The minimum absolute atomic E-state index is 0.0546. The summed E-state index contributed by atoms with van der Waals surface area (Å²) < 4.78 is 54.4. The van der Waals surface area contributed by atoms with Crippen molar-refractivity contribution < 1.29 is 27.5 Å². The molecule has 0 aliphatic carbocycles. The Bertz CT molecular complexity index is 1190. The number of aromatic carboxylic acids is 1. The first-order valence-electron chi connectivity index (χ1n) is 7.52. The van der Waals surface area contributed by atoms with E-state index in [1.165, 1.54) is 22.7 Å². The largest absolute Gasteiger partial charge is 0.477 e. The molecular formula is C16H9F4N5O2. The highest BCUT2D eigenvalue weighted by atomic mass is 19.4. The lowest BCUT2D eigenvalue weighted by molar-refractivity contribution is -0.141. The van der Waals surface area contributed by atoms with E-state index in [4.69, 9.17) is 5.11 Å². The van der Waals surface area contributed by atoms with E-state index in [1.807, 2.05) is 0 Å². The molecular weight excluding hydrogens is 370 g/mol. The van der Waals surface area contributed by atoms with Gasteiger partial charge in [0.1, 0.15) is 29.4 Å². The average molecular weight is 379 g/mol. The zero-order valence-electron chi connectivity index (χ0n) is 13.3. The number of rotatable bonds is 3. The Kier molecular flexibility index (Phi) is 3.61. The van der Waals surface area contributed by atoms with Crippen LogP contribution in [0.25, 0.3) is 27.9 Å². The van der Waals surface area contributed by atoms with E-state index in [1.54, 1.807) is 0 Å². The third kappa shape index (κ3) is 2.96. The van der Waals surface area contributed by atoms with Crippen molar-refractivity contribution in [2.45, 2.75) is 12.7 Å². The Balaban J connectivity index is 2.00. The van der Waals surface area contributed by atoms with Gasteiger partial charge in [-0.1, -0.05) is 0 Å². The van der Waals surface area contributed by atoms with Crippen LogP contribution in [0.15, 0.2) is 36.8 Å². The number of fused-ring (bicyclic) bond motifs is 2. The Hall–Kier alpha value is -3.50. The van der Waals surface area contributed by atoms with E-state index in [0.717, 1.165) is 18.5 Å². The maximum Gasteiger partial charge on any atom is 0.408 e. The van der Waals surface area contributed by atoms with Crippen molar-refractivity contribution in [2.24, 2.45) is 0 Å². The van der Waals surface area contributed by atoms with Gasteiger partial charge >= 0.3 is 12.1 Å². The number of carbonyl (C=O) groups is 1. The molecule has 27 heavy (non-hydrogen) atoms. The minimum atomic E-state index is -4.57. The summed E-state index contributed by atoms with van der Waals surface area (Å²) in [4.78, 5) is 18.9. The van der Waals surface area contributed by atoms with Crippen LogP contribution in [0.3, 0.4) is 0 Å². The van der Waals surface area contributed by atoms with Crippen LogP contribution in [0.2, 0.25) is 0 Å². The number of nitrogens with zero attached hydrogens (tertiary/aromatic N) is 5.